The van der Waals surface area contributed by atoms with E-state index in [1.165, 1.54) is 18.1 Å². The lowest BCUT2D eigenvalue weighted by Crippen LogP contribution is -2.52. The molecule has 1 amide bonds. The maximum absolute atomic E-state index is 12.5. The molecule has 8 heteroatoms. The van der Waals surface area contributed by atoms with Gasteiger partial charge in [0.25, 0.3) is 5.91 Å². The van der Waals surface area contributed by atoms with Crippen molar-refractivity contribution < 1.29 is 19.4 Å². The fourth-order valence-corrected chi connectivity index (χ4v) is 4.04. The van der Waals surface area contributed by atoms with Crippen molar-refractivity contribution in [3.05, 3.63) is 20.3 Å². The molecule has 1 aromatic heterocycles. The predicted octanol–water partition coefficient (Wildman–Crippen LogP) is 3.01. The number of carboxylic acids is 1. The Balaban J connectivity index is 2.22. The van der Waals surface area contributed by atoms with E-state index in [1.807, 2.05) is 0 Å². The highest BCUT2D eigenvalue weighted by Crippen LogP contribution is 2.35. The van der Waals surface area contributed by atoms with Gasteiger partial charge in [0.1, 0.15) is 9.75 Å². The Bertz CT molecular complexity index is 558. The van der Waals surface area contributed by atoms with Crippen LogP contribution in [-0.4, -0.2) is 48.7 Å². The number of aliphatic carboxylic acids is 1. The first-order chi connectivity index (χ1) is 9.89. The summed E-state index contributed by atoms with van der Waals surface area (Å²) >= 11 is 13.0. The third-order valence-electron chi connectivity index (χ3n) is 3.63. The Kier molecular flexibility index (Phi) is 5.14. The average molecular weight is 352 g/mol. The van der Waals surface area contributed by atoms with Gasteiger partial charge >= 0.3 is 5.97 Å². The highest BCUT2D eigenvalue weighted by molar-refractivity contribution is 7.20. The van der Waals surface area contributed by atoms with Crippen LogP contribution in [0.3, 0.4) is 0 Å². The summed E-state index contributed by atoms with van der Waals surface area (Å²) in [5.41, 5.74) is -0.736. The van der Waals surface area contributed by atoms with E-state index in [4.69, 9.17) is 27.9 Å². The predicted molar refractivity (Wildman–Crippen MR) is 81.4 cm³/mol. The van der Waals surface area contributed by atoms with E-state index >= 15 is 0 Å². The molecule has 0 saturated carbocycles. The quantitative estimate of drug-likeness (QED) is 0.905. The largest absolute Gasteiger partial charge is 0.481 e. The van der Waals surface area contributed by atoms with Gasteiger partial charge < -0.3 is 14.7 Å². The Morgan fingerprint density at radius 2 is 2.24 bits per heavy atom. The maximum Gasteiger partial charge on any atom is 0.313 e. The maximum atomic E-state index is 12.5. The summed E-state index contributed by atoms with van der Waals surface area (Å²) in [6.07, 6.45) is 1.09. The molecule has 1 aromatic rings. The summed E-state index contributed by atoms with van der Waals surface area (Å²) in [6.45, 7) is 0.685. The Labute approximate surface area is 136 Å². The number of piperidine rings is 1. The van der Waals surface area contributed by atoms with E-state index in [-0.39, 0.29) is 19.1 Å². The van der Waals surface area contributed by atoms with Crippen LogP contribution in [0.1, 0.15) is 23.2 Å². The second-order valence-electron chi connectivity index (χ2n) is 5.09. The summed E-state index contributed by atoms with van der Waals surface area (Å²) in [7, 11) is 1.46. The van der Waals surface area contributed by atoms with Crippen LogP contribution < -0.4 is 0 Å². The molecule has 1 unspecified atom stereocenters. The van der Waals surface area contributed by atoms with E-state index in [2.05, 4.69) is 0 Å². The number of halogens is 2. The number of nitrogens with zero attached hydrogens (tertiary/aromatic N) is 1. The van der Waals surface area contributed by atoms with E-state index in [0.717, 1.165) is 11.3 Å². The molecule has 1 aliphatic heterocycles. The van der Waals surface area contributed by atoms with Crippen LogP contribution in [0.25, 0.3) is 0 Å². The highest BCUT2D eigenvalue weighted by atomic mass is 35.5. The van der Waals surface area contributed by atoms with Crippen molar-refractivity contribution in [3.8, 4) is 0 Å². The minimum absolute atomic E-state index is 0.0736. The zero-order valence-corrected chi connectivity index (χ0v) is 13.7. The first-order valence-corrected chi connectivity index (χ1v) is 7.93. The number of carboxylic acid groups (broad SMARTS) is 1. The number of amides is 1. The zero-order valence-electron chi connectivity index (χ0n) is 11.4. The van der Waals surface area contributed by atoms with E-state index in [0.29, 0.717) is 33.6 Å². The van der Waals surface area contributed by atoms with E-state index in [1.54, 1.807) is 0 Å². The van der Waals surface area contributed by atoms with Crippen LogP contribution in [0.2, 0.25) is 8.67 Å². The van der Waals surface area contributed by atoms with Crippen molar-refractivity contribution in [1.29, 1.82) is 0 Å². The molecule has 0 spiro atoms. The van der Waals surface area contributed by atoms with Gasteiger partial charge in [0.15, 0.2) is 0 Å². The minimum Gasteiger partial charge on any atom is -0.481 e. The SMILES string of the molecule is COCC1(C(=O)O)CCCN(C(=O)c2cc(Cl)sc2Cl)C1. The Hall–Kier alpha value is -0.820. The van der Waals surface area contributed by atoms with Crippen molar-refractivity contribution in [1.82, 2.24) is 4.90 Å². The first kappa shape index (κ1) is 16.5. The molecule has 1 N–H and O–H groups in total. The number of carbonyl (C=O) groups is 2. The minimum atomic E-state index is -1.06. The first-order valence-electron chi connectivity index (χ1n) is 6.36. The number of carbonyl (C=O) groups excluding carboxylic acids is 1. The van der Waals surface area contributed by atoms with Crippen LogP contribution in [-0.2, 0) is 9.53 Å². The summed E-state index contributed by atoms with van der Waals surface area (Å²) < 4.78 is 5.80. The second kappa shape index (κ2) is 6.52. The van der Waals surface area contributed by atoms with E-state index < -0.39 is 11.4 Å². The highest BCUT2D eigenvalue weighted by Gasteiger charge is 2.44. The van der Waals surface area contributed by atoms with Gasteiger partial charge in [-0.15, -0.1) is 11.3 Å². The number of thiophene rings is 1. The van der Waals surface area contributed by atoms with Gasteiger partial charge in [0.2, 0.25) is 0 Å². The summed E-state index contributed by atoms with van der Waals surface area (Å²) in [5.74, 6) is -1.24. The number of hydrogen-bond acceptors (Lipinski definition) is 4. The fraction of sp³-hybridized carbons (Fsp3) is 0.538. The normalized spacial score (nSPS) is 22.3. The molecule has 5 nitrogen and oxygen atoms in total. The molecule has 21 heavy (non-hydrogen) atoms. The number of likely N-dealkylation sites (tertiary alicyclic amines) is 1. The molecule has 1 atom stereocenters. The van der Waals surface area contributed by atoms with E-state index in [9.17, 15) is 14.7 Å². The molecule has 116 valence electrons. The third-order valence-corrected chi connectivity index (χ3v) is 5.11. The lowest BCUT2D eigenvalue weighted by molar-refractivity contribution is -0.155. The van der Waals surface area contributed by atoms with Crippen LogP contribution in [0, 0.1) is 5.41 Å². The molecule has 0 aromatic carbocycles. The van der Waals surface area contributed by atoms with Gasteiger partial charge in [-0.1, -0.05) is 23.2 Å². The van der Waals surface area contributed by atoms with Crippen LogP contribution in [0.5, 0.6) is 0 Å². The molecule has 1 saturated heterocycles. The van der Waals surface area contributed by atoms with Gasteiger partial charge in [0.05, 0.1) is 16.5 Å². The Morgan fingerprint density at radius 3 is 2.76 bits per heavy atom. The van der Waals surface area contributed by atoms with Gasteiger partial charge in [-0.3, -0.25) is 9.59 Å². The van der Waals surface area contributed by atoms with Crippen molar-refractivity contribution in [2.75, 3.05) is 26.8 Å². The average Bonchev–Trinajstić information content (AvgIpc) is 2.77. The van der Waals surface area contributed by atoms with Crippen molar-refractivity contribution in [3.63, 3.8) is 0 Å². The molecule has 1 aliphatic rings. The molecule has 0 aliphatic carbocycles. The van der Waals surface area contributed by atoms with Gasteiger partial charge in [-0.2, -0.15) is 0 Å². The molecule has 0 radical (unpaired) electrons. The third kappa shape index (κ3) is 3.34. The number of hydrogen-bond donors (Lipinski definition) is 1. The molecule has 0 bridgehead atoms. The topological polar surface area (TPSA) is 66.8 Å². The van der Waals surface area contributed by atoms with Crippen molar-refractivity contribution in [2.24, 2.45) is 5.41 Å². The van der Waals surface area contributed by atoms with Crippen LogP contribution >= 0.6 is 34.5 Å². The van der Waals surface area contributed by atoms with Crippen molar-refractivity contribution >= 4 is 46.4 Å². The van der Waals surface area contributed by atoms with Gasteiger partial charge in [-0.05, 0) is 18.9 Å². The number of ether oxygens (including phenoxy) is 1. The van der Waals surface area contributed by atoms with Crippen LogP contribution in [0.15, 0.2) is 6.07 Å². The fourth-order valence-electron chi connectivity index (χ4n) is 2.59. The summed E-state index contributed by atoms with van der Waals surface area (Å²) in [5, 5.41) is 9.49. The van der Waals surface area contributed by atoms with Gasteiger partial charge in [0, 0.05) is 20.2 Å². The summed E-state index contributed by atoms with van der Waals surface area (Å²) in [4.78, 5) is 25.6. The molecule has 2 rings (SSSR count). The summed E-state index contributed by atoms with van der Waals surface area (Å²) in [6, 6.07) is 1.52. The standard InChI is InChI=1S/C13H15Cl2NO4S/c1-20-7-13(12(18)19)3-2-4-16(6-13)11(17)8-5-9(14)21-10(8)15/h5H,2-4,6-7H2,1H3,(H,18,19). The molecule has 2 heterocycles. The lowest BCUT2D eigenvalue weighted by Gasteiger charge is -2.39. The smallest absolute Gasteiger partial charge is 0.313 e. The number of rotatable bonds is 4. The molecular formula is C13H15Cl2NO4S. The zero-order chi connectivity index (χ0) is 15.6. The second-order valence-corrected chi connectivity index (χ2v) is 7.37. The molecular weight excluding hydrogens is 337 g/mol. The lowest BCUT2D eigenvalue weighted by atomic mass is 9.80. The molecule has 1 fully saturated rings. The number of methoxy groups -OCH3 is 1. The van der Waals surface area contributed by atoms with Crippen molar-refractivity contribution in [2.45, 2.75) is 12.8 Å². The Morgan fingerprint density at radius 1 is 1.52 bits per heavy atom. The van der Waals surface area contributed by atoms with Gasteiger partial charge in [-0.25, -0.2) is 0 Å². The monoisotopic (exact) mass is 351 g/mol. The van der Waals surface area contributed by atoms with Crippen LogP contribution in [0.4, 0.5) is 0 Å².